The van der Waals surface area contributed by atoms with Gasteiger partial charge >= 0.3 is 24.2 Å². The van der Waals surface area contributed by atoms with Crippen LogP contribution >= 0.6 is 0 Å². The van der Waals surface area contributed by atoms with Crippen molar-refractivity contribution in [1.29, 1.82) is 0 Å². The molecule has 1 N–H and O–H groups in total. The molecule has 12 heteroatoms. The normalized spacial score (nSPS) is 13.1. The Morgan fingerprint density at radius 1 is 0.897 bits per heavy atom. The van der Waals surface area contributed by atoms with Crippen LogP contribution in [0.25, 0.3) is 0 Å². The summed E-state index contributed by atoms with van der Waals surface area (Å²) in [6.07, 6.45) is -11.2. The number of hydrogen-bond donors (Lipinski definition) is 1. The number of rotatable bonds is 9. The number of esters is 2. The van der Waals surface area contributed by atoms with Gasteiger partial charge in [0.25, 0.3) is 12.0 Å². The van der Waals surface area contributed by atoms with Gasteiger partial charge in [0.1, 0.15) is 18.8 Å². The molecule has 0 aliphatic carbocycles. The second-order valence-corrected chi connectivity index (χ2v) is 6.68. The first-order valence-electron chi connectivity index (χ1n) is 7.97. The SMILES string of the molecule is C=C(C)C(=O)OCC(C)(COC(=O)C(=C)C)NC(=O)OC(C(C)(F)F)C(F)(F)F. The Morgan fingerprint density at radius 2 is 1.28 bits per heavy atom. The highest BCUT2D eigenvalue weighted by molar-refractivity contribution is 5.87. The number of nitrogens with one attached hydrogen (secondary N) is 1. The molecule has 0 aliphatic heterocycles. The third kappa shape index (κ3) is 9.39. The van der Waals surface area contributed by atoms with E-state index in [0.717, 1.165) is 6.92 Å². The fourth-order valence-electron chi connectivity index (χ4n) is 1.65. The molecule has 0 fully saturated rings. The summed E-state index contributed by atoms with van der Waals surface area (Å²) in [5, 5.41) is 1.85. The van der Waals surface area contributed by atoms with Crippen LogP contribution in [0.4, 0.5) is 26.7 Å². The van der Waals surface area contributed by atoms with Crippen LogP contribution in [0.2, 0.25) is 0 Å². The van der Waals surface area contributed by atoms with Crippen molar-refractivity contribution in [2.75, 3.05) is 13.2 Å². The zero-order valence-electron chi connectivity index (χ0n) is 16.2. The van der Waals surface area contributed by atoms with Gasteiger partial charge in [0, 0.05) is 18.1 Å². The van der Waals surface area contributed by atoms with Crippen LogP contribution in [-0.4, -0.2) is 55.0 Å². The van der Waals surface area contributed by atoms with Crippen molar-refractivity contribution in [3.63, 3.8) is 0 Å². The molecule has 0 saturated heterocycles. The van der Waals surface area contributed by atoms with Crippen LogP contribution in [0.5, 0.6) is 0 Å². The number of ether oxygens (including phenoxy) is 3. The van der Waals surface area contributed by atoms with E-state index in [2.05, 4.69) is 17.9 Å². The number of carbonyl (C=O) groups is 3. The first-order valence-corrected chi connectivity index (χ1v) is 7.97. The fraction of sp³-hybridized carbons (Fsp3) is 0.588. The largest absolute Gasteiger partial charge is 0.460 e. The number of alkyl halides is 5. The summed E-state index contributed by atoms with van der Waals surface area (Å²) in [5.74, 6) is -6.25. The Kier molecular flexibility index (Phi) is 8.81. The third-order valence-electron chi connectivity index (χ3n) is 3.13. The molecule has 7 nitrogen and oxygen atoms in total. The zero-order valence-corrected chi connectivity index (χ0v) is 16.2. The quantitative estimate of drug-likeness (QED) is 0.261. The van der Waals surface area contributed by atoms with Crippen molar-refractivity contribution in [1.82, 2.24) is 5.32 Å². The topological polar surface area (TPSA) is 90.9 Å². The number of alkyl carbamates (subject to hydrolysis) is 1. The maximum absolute atomic E-state index is 13.2. The van der Waals surface area contributed by atoms with E-state index in [1.165, 1.54) is 13.8 Å². The van der Waals surface area contributed by atoms with Crippen LogP contribution in [0, 0.1) is 0 Å². The molecule has 0 saturated carbocycles. The molecular weight excluding hydrogens is 409 g/mol. The maximum Gasteiger partial charge on any atom is 0.431 e. The molecule has 0 aliphatic rings. The van der Waals surface area contributed by atoms with Crippen molar-refractivity contribution in [3.8, 4) is 0 Å². The molecule has 1 unspecified atom stereocenters. The van der Waals surface area contributed by atoms with Gasteiger partial charge in [-0.25, -0.2) is 23.2 Å². The Bertz CT molecular complexity index is 624. The van der Waals surface area contributed by atoms with E-state index in [9.17, 15) is 36.3 Å². The van der Waals surface area contributed by atoms with Crippen LogP contribution < -0.4 is 5.32 Å². The summed E-state index contributed by atoms with van der Waals surface area (Å²) in [5.41, 5.74) is -1.87. The Balaban J connectivity index is 5.42. The van der Waals surface area contributed by atoms with E-state index in [1.807, 2.05) is 5.32 Å². The molecule has 29 heavy (non-hydrogen) atoms. The summed E-state index contributed by atoms with van der Waals surface area (Å²) in [4.78, 5) is 34.9. The Hall–Kier alpha value is -2.66. The minimum absolute atomic E-state index is 0.0309. The molecule has 0 heterocycles. The minimum atomic E-state index is -5.55. The molecule has 0 aromatic rings. The van der Waals surface area contributed by atoms with Crippen molar-refractivity contribution in [2.24, 2.45) is 0 Å². The summed E-state index contributed by atoms with van der Waals surface area (Å²) in [6.45, 7) is 8.90. The van der Waals surface area contributed by atoms with Crippen LogP contribution in [-0.2, 0) is 23.8 Å². The maximum atomic E-state index is 13.2. The smallest absolute Gasteiger partial charge is 0.431 e. The van der Waals surface area contributed by atoms with Gasteiger partial charge in [0.05, 0.1) is 0 Å². The van der Waals surface area contributed by atoms with Gasteiger partial charge in [-0.05, 0) is 20.8 Å². The van der Waals surface area contributed by atoms with Gasteiger partial charge in [-0.3, -0.25) is 0 Å². The highest BCUT2D eigenvalue weighted by Gasteiger charge is 2.56. The Morgan fingerprint density at radius 3 is 1.55 bits per heavy atom. The predicted molar refractivity (Wildman–Crippen MR) is 90.0 cm³/mol. The second kappa shape index (κ2) is 9.70. The molecule has 1 amide bonds. The van der Waals surface area contributed by atoms with Crippen LogP contribution in [0.15, 0.2) is 24.3 Å². The van der Waals surface area contributed by atoms with Crippen molar-refractivity contribution in [3.05, 3.63) is 24.3 Å². The average Bonchev–Trinajstić information content (AvgIpc) is 2.53. The first-order chi connectivity index (χ1) is 12.9. The Labute approximate surface area is 163 Å². The zero-order chi connectivity index (χ0) is 23.2. The van der Waals surface area contributed by atoms with E-state index < -0.39 is 55.0 Å². The second-order valence-electron chi connectivity index (χ2n) is 6.68. The van der Waals surface area contributed by atoms with Crippen LogP contribution in [0.1, 0.15) is 27.7 Å². The van der Waals surface area contributed by atoms with Gasteiger partial charge in [-0.15, -0.1) is 0 Å². The minimum Gasteiger partial charge on any atom is -0.460 e. The molecule has 0 bridgehead atoms. The van der Waals surface area contributed by atoms with E-state index in [0.29, 0.717) is 0 Å². The van der Waals surface area contributed by atoms with E-state index >= 15 is 0 Å². The van der Waals surface area contributed by atoms with E-state index in [1.54, 1.807) is 0 Å². The van der Waals surface area contributed by atoms with Crippen LogP contribution in [0.3, 0.4) is 0 Å². The van der Waals surface area contributed by atoms with Crippen molar-refractivity contribution < 1.29 is 50.5 Å². The molecular formula is C17H22F5NO6. The molecule has 0 aromatic carbocycles. The van der Waals surface area contributed by atoms with Gasteiger partial charge < -0.3 is 19.5 Å². The third-order valence-corrected chi connectivity index (χ3v) is 3.13. The van der Waals surface area contributed by atoms with E-state index in [-0.39, 0.29) is 18.1 Å². The number of carbonyl (C=O) groups excluding carboxylic acids is 3. The monoisotopic (exact) mass is 431 g/mol. The standard InChI is InChI=1S/C17H22F5NO6/c1-9(2)11(24)27-7-15(5,8-28-12(25)10(3)4)23-14(26)29-13(16(6,18)19)17(20,21)22/h13H,1,3,7-8H2,2,4-6H3,(H,23,26). The van der Waals surface area contributed by atoms with E-state index in [4.69, 9.17) is 9.47 Å². The summed E-state index contributed by atoms with van der Waals surface area (Å²) in [6, 6.07) is 0. The van der Waals surface area contributed by atoms with Gasteiger partial charge in [-0.1, -0.05) is 13.2 Å². The average molecular weight is 431 g/mol. The number of amides is 1. The van der Waals surface area contributed by atoms with Crippen molar-refractivity contribution in [2.45, 2.75) is 51.4 Å². The number of halogens is 5. The highest BCUT2D eigenvalue weighted by Crippen LogP contribution is 2.34. The first kappa shape index (κ1) is 26.3. The summed E-state index contributed by atoms with van der Waals surface area (Å²) in [7, 11) is 0. The summed E-state index contributed by atoms with van der Waals surface area (Å²) < 4.78 is 78.1. The van der Waals surface area contributed by atoms with Crippen molar-refractivity contribution >= 4 is 18.0 Å². The number of hydrogen-bond acceptors (Lipinski definition) is 6. The lowest BCUT2D eigenvalue weighted by molar-refractivity contribution is -0.263. The molecule has 0 radical (unpaired) electrons. The highest BCUT2D eigenvalue weighted by atomic mass is 19.4. The lowest BCUT2D eigenvalue weighted by Crippen LogP contribution is -2.56. The molecule has 0 aromatic heterocycles. The lowest BCUT2D eigenvalue weighted by Gasteiger charge is -2.31. The lowest BCUT2D eigenvalue weighted by atomic mass is 10.1. The van der Waals surface area contributed by atoms with Gasteiger partial charge in [0.15, 0.2) is 0 Å². The molecule has 1 atom stereocenters. The summed E-state index contributed by atoms with van der Waals surface area (Å²) >= 11 is 0. The van der Waals surface area contributed by atoms with Gasteiger partial charge in [-0.2, -0.15) is 13.2 Å². The molecule has 0 spiro atoms. The fourth-order valence-corrected chi connectivity index (χ4v) is 1.65. The molecule has 166 valence electrons. The predicted octanol–water partition coefficient (Wildman–Crippen LogP) is 3.30. The molecule has 0 rings (SSSR count). The van der Waals surface area contributed by atoms with Gasteiger partial charge in [0.2, 0.25) is 0 Å².